The first kappa shape index (κ1) is 20.1. The zero-order valence-corrected chi connectivity index (χ0v) is 16.3. The Morgan fingerprint density at radius 1 is 0.828 bits per heavy atom. The molecular formula is C24H23NO4. The van der Waals surface area contributed by atoms with Crippen molar-refractivity contribution in [3.63, 3.8) is 0 Å². The fourth-order valence-corrected chi connectivity index (χ4v) is 2.62. The Morgan fingerprint density at radius 2 is 1.48 bits per heavy atom. The van der Waals surface area contributed by atoms with Gasteiger partial charge >= 0.3 is 5.97 Å². The summed E-state index contributed by atoms with van der Waals surface area (Å²) in [4.78, 5) is 24.2. The van der Waals surface area contributed by atoms with E-state index in [1.807, 2.05) is 61.5 Å². The van der Waals surface area contributed by atoms with Gasteiger partial charge in [-0.05, 0) is 61.9 Å². The van der Waals surface area contributed by atoms with Crippen LogP contribution in [0.2, 0.25) is 0 Å². The average Bonchev–Trinajstić information content (AvgIpc) is 2.74. The molecule has 0 heterocycles. The molecule has 5 nitrogen and oxygen atoms in total. The predicted molar refractivity (Wildman–Crippen MR) is 112 cm³/mol. The number of aryl methyl sites for hydroxylation is 1. The van der Waals surface area contributed by atoms with E-state index in [-0.39, 0.29) is 18.3 Å². The second-order valence-electron chi connectivity index (χ2n) is 6.58. The van der Waals surface area contributed by atoms with Crippen molar-refractivity contribution in [2.24, 2.45) is 0 Å². The van der Waals surface area contributed by atoms with Crippen LogP contribution in [0.15, 0.2) is 78.9 Å². The molecule has 148 valence electrons. The third-order valence-corrected chi connectivity index (χ3v) is 4.19. The zero-order chi connectivity index (χ0) is 20.5. The van der Waals surface area contributed by atoms with Gasteiger partial charge in [0.25, 0.3) is 5.91 Å². The van der Waals surface area contributed by atoms with Gasteiger partial charge in [0.1, 0.15) is 11.5 Å². The number of benzene rings is 3. The molecule has 1 N–H and O–H groups in total. The number of carbonyl (C=O) groups is 2. The number of nitrogens with one attached hydrogen (secondary N) is 1. The summed E-state index contributed by atoms with van der Waals surface area (Å²) in [5.74, 6) is 0.639. The molecule has 0 saturated heterocycles. The normalized spacial score (nSPS) is 10.2. The lowest BCUT2D eigenvalue weighted by Gasteiger charge is -2.08. The number of rotatable bonds is 8. The van der Waals surface area contributed by atoms with E-state index < -0.39 is 0 Å². The first-order valence-corrected chi connectivity index (χ1v) is 9.47. The van der Waals surface area contributed by atoms with Gasteiger partial charge in [-0.15, -0.1) is 0 Å². The van der Waals surface area contributed by atoms with Crippen molar-refractivity contribution in [2.45, 2.75) is 19.8 Å². The van der Waals surface area contributed by atoms with Gasteiger partial charge in [0, 0.05) is 17.7 Å². The predicted octanol–water partition coefficient (Wildman–Crippen LogP) is 5.01. The van der Waals surface area contributed by atoms with Crippen LogP contribution in [0.1, 0.15) is 28.8 Å². The van der Waals surface area contributed by atoms with Crippen LogP contribution in [0.5, 0.6) is 11.5 Å². The van der Waals surface area contributed by atoms with E-state index in [0.29, 0.717) is 24.3 Å². The van der Waals surface area contributed by atoms with Gasteiger partial charge in [0.15, 0.2) is 0 Å². The molecule has 0 spiro atoms. The minimum atomic E-state index is -0.334. The summed E-state index contributed by atoms with van der Waals surface area (Å²) in [6.07, 6.45) is 0.812. The molecule has 3 aromatic carbocycles. The van der Waals surface area contributed by atoms with Gasteiger partial charge in [-0.3, -0.25) is 9.59 Å². The molecule has 0 bridgehead atoms. The SMILES string of the molecule is Cc1ccc(OCCCC(=O)Oc2ccc(C(=O)Nc3ccccc3)cc2)cc1. The lowest BCUT2D eigenvalue weighted by molar-refractivity contribution is -0.134. The van der Waals surface area contributed by atoms with Gasteiger partial charge in [0.05, 0.1) is 6.61 Å². The maximum absolute atomic E-state index is 12.2. The summed E-state index contributed by atoms with van der Waals surface area (Å²) in [5.41, 5.74) is 2.38. The Bertz CT molecular complexity index is 935. The first-order chi connectivity index (χ1) is 14.1. The highest BCUT2D eigenvalue weighted by Crippen LogP contribution is 2.16. The van der Waals surface area contributed by atoms with Crippen molar-refractivity contribution in [2.75, 3.05) is 11.9 Å². The molecular weight excluding hydrogens is 366 g/mol. The van der Waals surface area contributed by atoms with Crippen LogP contribution in [0, 0.1) is 6.92 Å². The molecule has 0 radical (unpaired) electrons. The second kappa shape index (κ2) is 10.1. The van der Waals surface area contributed by atoms with E-state index in [0.717, 1.165) is 11.4 Å². The third-order valence-electron chi connectivity index (χ3n) is 4.19. The monoisotopic (exact) mass is 389 g/mol. The fraction of sp³-hybridized carbons (Fsp3) is 0.167. The quantitative estimate of drug-likeness (QED) is 0.334. The lowest BCUT2D eigenvalue weighted by atomic mass is 10.2. The van der Waals surface area contributed by atoms with Crippen LogP contribution in [-0.4, -0.2) is 18.5 Å². The number of ether oxygens (including phenoxy) is 2. The molecule has 3 aromatic rings. The summed E-state index contributed by atoms with van der Waals surface area (Å²) in [5, 5.41) is 2.81. The van der Waals surface area contributed by atoms with E-state index >= 15 is 0 Å². The maximum atomic E-state index is 12.2. The molecule has 0 saturated carbocycles. The highest BCUT2D eigenvalue weighted by molar-refractivity contribution is 6.04. The van der Waals surface area contributed by atoms with Crippen molar-refractivity contribution in [1.82, 2.24) is 0 Å². The molecule has 3 rings (SSSR count). The molecule has 0 aliphatic rings. The lowest BCUT2D eigenvalue weighted by Crippen LogP contribution is -2.12. The number of hydrogen-bond acceptors (Lipinski definition) is 4. The summed E-state index contributed by atoms with van der Waals surface area (Å²) >= 11 is 0. The van der Waals surface area contributed by atoms with Crippen molar-refractivity contribution < 1.29 is 19.1 Å². The van der Waals surface area contributed by atoms with Crippen LogP contribution in [0.3, 0.4) is 0 Å². The molecule has 0 aromatic heterocycles. The van der Waals surface area contributed by atoms with E-state index in [2.05, 4.69) is 5.32 Å². The smallest absolute Gasteiger partial charge is 0.311 e. The van der Waals surface area contributed by atoms with Gasteiger partial charge in [-0.25, -0.2) is 0 Å². The van der Waals surface area contributed by atoms with Crippen LogP contribution in [-0.2, 0) is 4.79 Å². The van der Waals surface area contributed by atoms with E-state index in [9.17, 15) is 9.59 Å². The summed E-state index contributed by atoms with van der Waals surface area (Å²) < 4.78 is 10.9. The van der Waals surface area contributed by atoms with Crippen molar-refractivity contribution >= 4 is 17.6 Å². The van der Waals surface area contributed by atoms with Crippen LogP contribution in [0.4, 0.5) is 5.69 Å². The number of para-hydroxylation sites is 1. The number of carbonyl (C=O) groups excluding carboxylic acids is 2. The van der Waals surface area contributed by atoms with E-state index in [4.69, 9.17) is 9.47 Å². The third kappa shape index (κ3) is 6.50. The Hall–Kier alpha value is -3.60. The topological polar surface area (TPSA) is 64.6 Å². The molecule has 5 heteroatoms. The zero-order valence-electron chi connectivity index (χ0n) is 16.3. The van der Waals surface area contributed by atoms with Crippen molar-refractivity contribution in [1.29, 1.82) is 0 Å². The average molecular weight is 389 g/mol. The molecule has 0 fully saturated rings. The Balaban J connectivity index is 1.41. The van der Waals surface area contributed by atoms with Crippen LogP contribution in [0.25, 0.3) is 0 Å². The molecule has 1 amide bonds. The largest absolute Gasteiger partial charge is 0.494 e. The van der Waals surface area contributed by atoms with Crippen molar-refractivity contribution in [3.8, 4) is 11.5 Å². The van der Waals surface area contributed by atoms with Crippen LogP contribution >= 0.6 is 0 Å². The fourth-order valence-electron chi connectivity index (χ4n) is 2.62. The summed E-state index contributed by atoms with van der Waals surface area (Å²) in [7, 11) is 0. The maximum Gasteiger partial charge on any atom is 0.311 e. The molecule has 0 aliphatic heterocycles. The number of hydrogen-bond donors (Lipinski definition) is 1. The molecule has 0 atom stereocenters. The molecule has 29 heavy (non-hydrogen) atoms. The molecule has 0 unspecified atom stereocenters. The Labute approximate surface area is 170 Å². The van der Waals surface area contributed by atoms with Gasteiger partial charge in [-0.2, -0.15) is 0 Å². The highest BCUT2D eigenvalue weighted by atomic mass is 16.5. The Morgan fingerprint density at radius 3 is 2.17 bits per heavy atom. The van der Waals surface area contributed by atoms with E-state index in [1.54, 1.807) is 24.3 Å². The van der Waals surface area contributed by atoms with Gasteiger partial charge in [0.2, 0.25) is 0 Å². The van der Waals surface area contributed by atoms with E-state index in [1.165, 1.54) is 5.56 Å². The minimum absolute atomic E-state index is 0.220. The van der Waals surface area contributed by atoms with Gasteiger partial charge < -0.3 is 14.8 Å². The Kier molecular flexibility index (Phi) is 7.00. The summed E-state index contributed by atoms with van der Waals surface area (Å²) in [6, 6.07) is 23.5. The van der Waals surface area contributed by atoms with Gasteiger partial charge in [-0.1, -0.05) is 35.9 Å². The second-order valence-corrected chi connectivity index (χ2v) is 6.58. The first-order valence-electron chi connectivity index (χ1n) is 9.47. The van der Waals surface area contributed by atoms with Crippen molar-refractivity contribution in [3.05, 3.63) is 90.0 Å². The minimum Gasteiger partial charge on any atom is -0.494 e. The highest BCUT2D eigenvalue weighted by Gasteiger charge is 2.09. The number of esters is 1. The standard InChI is InChI=1S/C24H23NO4/c1-18-9-13-21(14-10-18)28-17-5-8-23(26)29-22-15-11-19(12-16-22)24(27)25-20-6-3-2-4-7-20/h2-4,6-7,9-16H,5,8,17H2,1H3,(H,25,27). The van der Waals surface area contributed by atoms with Crippen LogP contribution < -0.4 is 14.8 Å². The number of amides is 1. The molecule has 0 aliphatic carbocycles. The number of anilines is 1. The summed E-state index contributed by atoms with van der Waals surface area (Å²) in [6.45, 7) is 2.46.